The number of carboxylic acids is 1. The lowest BCUT2D eigenvalue weighted by atomic mass is 10.2. The molecule has 1 N–H and O–H groups in total. The van der Waals surface area contributed by atoms with Gasteiger partial charge in [0.05, 0.1) is 18.2 Å². The largest absolute Gasteiger partial charge is 0.496 e. The van der Waals surface area contributed by atoms with Crippen molar-refractivity contribution in [2.45, 2.75) is 6.61 Å². The Hall–Kier alpha value is -1.86. The van der Waals surface area contributed by atoms with Gasteiger partial charge < -0.3 is 19.0 Å². The maximum atomic E-state index is 11.1. The van der Waals surface area contributed by atoms with Crippen LogP contribution >= 0.6 is 15.9 Å². The minimum Gasteiger partial charge on any atom is -0.496 e. The van der Waals surface area contributed by atoms with Crippen molar-refractivity contribution in [2.75, 3.05) is 14.2 Å². The summed E-state index contributed by atoms with van der Waals surface area (Å²) < 4.78 is 16.1. The molecule has 0 aliphatic carbocycles. The number of methoxy groups -OCH3 is 2. The van der Waals surface area contributed by atoms with Gasteiger partial charge in [-0.25, -0.2) is 9.78 Å². The minimum atomic E-state index is -1.18. The van der Waals surface area contributed by atoms with E-state index in [1.807, 2.05) is 0 Å². The molecular weight excluding hydrogens is 330 g/mol. The van der Waals surface area contributed by atoms with Gasteiger partial charge in [0.15, 0.2) is 0 Å². The lowest BCUT2D eigenvalue weighted by molar-refractivity contribution is 0.0656. The van der Waals surface area contributed by atoms with Crippen LogP contribution in [-0.2, 0) is 11.3 Å². The number of aromatic carboxylic acids is 1. The van der Waals surface area contributed by atoms with Crippen molar-refractivity contribution in [1.29, 1.82) is 0 Å². The van der Waals surface area contributed by atoms with Gasteiger partial charge in [0.25, 0.3) is 0 Å². The predicted molar refractivity (Wildman–Crippen MR) is 73.9 cm³/mol. The molecule has 106 valence electrons. The van der Waals surface area contributed by atoms with Crippen molar-refractivity contribution in [3.05, 3.63) is 34.1 Å². The molecule has 0 unspecified atom stereocenters. The first kappa shape index (κ1) is 14.5. The first-order chi connectivity index (χ1) is 9.56. The molecule has 1 aromatic heterocycles. The van der Waals surface area contributed by atoms with Crippen molar-refractivity contribution in [1.82, 2.24) is 4.98 Å². The van der Waals surface area contributed by atoms with Crippen LogP contribution in [0.2, 0.25) is 0 Å². The number of oxazole rings is 1. The molecule has 0 saturated heterocycles. The summed E-state index contributed by atoms with van der Waals surface area (Å²) in [7, 11) is 3.02. The normalized spacial score (nSPS) is 10.6. The smallest absolute Gasteiger partial charge is 0.373 e. The van der Waals surface area contributed by atoms with Gasteiger partial charge in [-0.1, -0.05) is 0 Å². The van der Waals surface area contributed by atoms with Gasteiger partial charge in [-0.2, -0.15) is 0 Å². The molecule has 0 aliphatic rings. The zero-order chi connectivity index (χ0) is 14.7. The second kappa shape index (κ2) is 6.06. The number of aromatic nitrogens is 1. The summed E-state index contributed by atoms with van der Waals surface area (Å²) in [6, 6.07) is 5.21. The molecule has 6 nitrogen and oxygen atoms in total. The Kier molecular flexibility index (Phi) is 4.41. The summed E-state index contributed by atoms with van der Waals surface area (Å²) in [5, 5.41) is 9.07. The summed E-state index contributed by atoms with van der Waals surface area (Å²) in [5.41, 5.74) is 0.893. The number of benzene rings is 1. The molecule has 20 heavy (non-hydrogen) atoms. The van der Waals surface area contributed by atoms with Gasteiger partial charge in [0.2, 0.25) is 11.7 Å². The SMILES string of the molecule is COCc1nc(-c2ccc(OC)c(Br)c2)oc1C(=O)O. The number of nitrogens with zero attached hydrogens (tertiary/aromatic N) is 1. The van der Waals surface area contributed by atoms with E-state index < -0.39 is 5.97 Å². The number of hydrogen-bond donors (Lipinski definition) is 1. The third-order valence-electron chi connectivity index (χ3n) is 2.57. The summed E-state index contributed by atoms with van der Waals surface area (Å²) >= 11 is 3.35. The first-order valence-electron chi connectivity index (χ1n) is 5.62. The van der Waals surface area contributed by atoms with Crippen LogP contribution in [0.1, 0.15) is 16.2 Å². The predicted octanol–water partition coefficient (Wildman–Crippen LogP) is 2.96. The molecule has 7 heteroatoms. The lowest BCUT2D eigenvalue weighted by Gasteiger charge is -2.03. The van der Waals surface area contributed by atoms with Gasteiger partial charge in [0, 0.05) is 12.7 Å². The zero-order valence-corrected chi connectivity index (χ0v) is 12.4. The highest BCUT2D eigenvalue weighted by Crippen LogP contribution is 2.31. The Labute approximate surface area is 123 Å². The van der Waals surface area contributed by atoms with Crippen molar-refractivity contribution < 1.29 is 23.8 Å². The first-order valence-corrected chi connectivity index (χ1v) is 6.42. The Balaban J connectivity index is 2.44. The van der Waals surface area contributed by atoms with E-state index >= 15 is 0 Å². The van der Waals surface area contributed by atoms with E-state index in [1.54, 1.807) is 25.3 Å². The van der Waals surface area contributed by atoms with E-state index in [4.69, 9.17) is 19.0 Å². The number of ether oxygens (including phenoxy) is 2. The molecule has 0 bridgehead atoms. The van der Waals surface area contributed by atoms with Crippen molar-refractivity contribution in [3.63, 3.8) is 0 Å². The molecule has 1 aromatic carbocycles. The number of rotatable bonds is 5. The third-order valence-corrected chi connectivity index (χ3v) is 3.19. The van der Waals surface area contributed by atoms with Gasteiger partial charge in [0.1, 0.15) is 11.4 Å². The highest BCUT2D eigenvalue weighted by Gasteiger charge is 2.20. The quantitative estimate of drug-likeness (QED) is 0.900. The van der Waals surface area contributed by atoms with Crippen LogP contribution in [0.25, 0.3) is 11.5 Å². The maximum absolute atomic E-state index is 11.1. The second-order valence-electron chi connectivity index (χ2n) is 3.88. The van der Waals surface area contributed by atoms with E-state index in [2.05, 4.69) is 20.9 Å². The van der Waals surface area contributed by atoms with Crippen molar-refractivity contribution >= 4 is 21.9 Å². The molecule has 0 aliphatic heterocycles. The Morgan fingerprint density at radius 2 is 2.20 bits per heavy atom. The summed E-state index contributed by atoms with van der Waals surface area (Å²) in [6.07, 6.45) is 0. The van der Waals surface area contributed by atoms with Crippen LogP contribution in [0.3, 0.4) is 0 Å². The summed E-state index contributed by atoms with van der Waals surface area (Å²) in [4.78, 5) is 15.2. The highest BCUT2D eigenvalue weighted by atomic mass is 79.9. The summed E-state index contributed by atoms with van der Waals surface area (Å²) in [6.45, 7) is 0.0719. The fourth-order valence-electron chi connectivity index (χ4n) is 1.68. The number of carbonyl (C=O) groups is 1. The average molecular weight is 342 g/mol. The molecule has 0 atom stereocenters. The van der Waals surface area contributed by atoms with E-state index in [0.717, 1.165) is 4.47 Å². The molecule has 0 amide bonds. The molecule has 0 radical (unpaired) electrons. The molecule has 0 fully saturated rings. The monoisotopic (exact) mass is 341 g/mol. The minimum absolute atomic E-state index is 0.0719. The van der Waals surface area contributed by atoms with Crippen LogP contribution in [0, 0.1) is 0 Å². The van der Waals surface area contributed by atoms with Crippen LogP contribution < -0.4 is 4.74 Å². The van der Waals surface area contributed by atoms with Crippen LogP contribution in [-0.4, -0.2) is 30.3 Å². The maximum Gasteiger partial charge on any atom is 0.373 e. The Morgan fingerprint density at radius 1 is 1.45 bits per heavy atom. The average Bonchev–Trinajstić information content (AvgIpc) is 2.83. The van der Waals surface area contributed by atoms with E-state index in [-0.39, 0.29) is 24.0 Å². The van der Waals surface area contributed by atoms with Gasteiger partial charge in [-0.15, -0.1) is 0 Å². The standard InChI is InChI=1S/C13H12BrNO5/c1-18-6-9-11(13(16)17)20-12(15-9)7-3-4-10(19-2)8(14)5-7/h3-5H,6H2,1-2H3,(H,16,17). The molecule has 0 saturated carbocycles. The van der Waals surface area contributed by atoms with Gasteiger partial charge in [-0.3, -0.25) is 0 Å². The van der Waals surface area contributed by atoms with Gasteiger partial charge in [-0.05, 0) is 34.1 Å². The zero-order valence-electron chi connectivity index (χ0n) is 10.8. The highest BCUT2D eigenvalue weighted by molar-refractivity contribution is 9.10. The molecule has 0 spiro atoms. The van der Waals surface area contributed by atoms with Gasteiger partial charge >= 0.3 is 5.97 Å². The van der Waals surface area contributed by atoms with Crippen molar-refractivity contribution in [2.24, 2.45) is 0 Å². The number of halogens is 1. The fourth-order valence-corrected chi connectivity index (χ4v) is 2.22. The topological polar surface area (TPSA) is 81.8 Å². The van der Waals surface area contributed by atoms with Crippen molar-refractivity contribution in [3.8, 4) is 17.2 Å². The Morgan fingerprint density at radius 3 is 2.75 bits per heavy atom. The molecule has 1 heterocycles. The van der Waals surface area contributed by atoms with Crippen LogP contribution in [0.15, 0.2) is 27.1 Å². The Bertz CT molecular complexity index is 638. The second-order valence-corrected chi connectivity index (χ2v) is 4.74. The molecular formula is C13H12BrNO5. The van der Waals surface area contributed by atoms with E-state index in [9.17, 15) is 4.79 Å². The van der Waals surface area contributed by atoms with E-state index in [0.29, 0.717) is 11.3 Å². The lowest BCUT2D eigenvalue weighted by Crippen LogP contribution is -2.00. The summed E-state index contributed by atoms with van der Waals surface area (Å²) in [5.74, 6) is -0.508. The van der Waals surface area contributed by atoms with E-state index in [1.165, 1.54) is 7.11 Å². The number of hydrogen-bond acceptors (Lipinski definition) is 5. The number of carboxylic acid groups (broad SMARTS) is 1. The molecule has 2 rings (SSSR count). The molecule has 2 aromatic rings. The van der Waals surface area contributed by atoms with Crippen LogP contribution in [0.4, 0.5) is 0 Å². The fraction of sp³-hybridized carbons (Fsp3) is 0.231. The van der Waals surface area contributed by atoms with Crippen LogP contribution in [0.5, 0.6) is 5.75 Å². The third kappa shape index (κ3) is 2.83.